The third kappa shape index (κ3) is 6.49. The van der Waals surface area contributed by atoms with Gasteiger partial charge in [0.15, 0.2) is 6.61 Å². The van der Waals surface area contributed by atoms with Gasteiger partial charge in [-0.15, -0.1) is 0 Å². The standard InChI is InChI=1S/C19H24N2O5S/c1-14(2)26-18-7-5-6-15(12-18)20-19(22)13-25-17-10-8-16(9-11-17)21(3)27(4,23)24/h5-12,14H,13H2,1-4H3,(H,20,22). The fraction of sp³-hybridized carbons (Fsp3) is 0.316. The zero-order valence-electron chi connectivity index (χ0n) is 15.8. The Morgan fingerprint density at radius 2 is 1.78 bits per heavy atom. The van der Waals surface area contributed by atoms with Gasteiger partial charge in [-0.25, -0.2) is 8.42 Å². The lowest BCUT2D eigenvalue weighted by molar-refractivity contribution is -0.118. The summed E-state index contributed by atoms with van der Waals surface area (Å²) in [4.78, 5) is 12.1. The average molecular weight is 392 g/mol. The van der Waals surface area contributed by atoms with Crippen LogP contribution in [0.5, 0.6) is 11.5 Å². The highest BCUT2D eigenvalue weighted by atomic mass is 32.2. The minimum Gasteiger partial charge on any atom is -0.491 e. The Kier molecular flexibility index (Phi) is 6.68. The van der Waals surface area contributed by atoms with Crippen LogP contribution in [0.1, 0.15) is 13.8 Å². The van der Waals surface area contributed by atoms with Gasteiger partial charge >= 0.3 is 0 Å². The van der Waals surface area contributed by atoms with Gasteiger partial charge in [-0.05, 0) is 50.2 Å². The molecule has 0 fully saturated rings. The van der Waals surface area contributed by atoms with Crippen molar-refractivity contribution < 1.29 is 22.7 Å². The number of nitrogens with zero attached hydrogens (tertiary/aromatic N) is 1. The van der Waals surface area contributed by atoms with Gasteiger partial charge in [0, 0.05) is 18.8 Å². The van der Waals surface area contributed by atoms with Crippen molar-refractivity contribution in [1.82, 2.24) is 0 Å². The zero-order chi connectivity index (χ0) is 20.0. The number of ether oxygens (including phenoxy) is 2. The van der Waals surface area contributed by atoms with Crippen molar-refractivity contribution in [2.75, 3.05) is 29.5 Å². The van der Waals surface area contributed by atoms with E-state index in [1.807, 2.05) is 19.9 Å². The van der Waals surface area contributed by atoms with Crippen LogP contribution in [-0.4, -0.2) is 40.3 Å². The Labute approximate surface area is 160 Å². The number of carbonyl (C=O) groups excluding carboxylic acids is 1. The van der Waals surface area contributed by atoms with Crippen molar-refractivity contribution in [2.24, 2.45) is 0 Å². The zero-order valence-corrected chi connectivity index (χ0v) is 16.6. The second-order valence-corrected chi connectivity index (χ2v) is 8.27. The lowest BCUT2D eigenvalue weighted by atomic mass is 10.3. The van der Waals surface area contributed by atoms with Crippen LogP contribution in [0.4, 0.5) is 11.4 Å². The maximum absolute atomic E-state index is 12.1. The average Bonchev–Trinajstić information content (AvgIpc) is 2.59. The Bertz CT molecular complexity index is 879. The lowest BCUT2D eigenvalue weighted by Gasteiger charge is -2.16. The van der Waals surface area contributed by atoms with Gasteiger partial charge in [-0.2, -0.15) is 0 Å². The first-order valence-corrected chi connectivity index (χ1v) is 10.2. The summed E-state index contributed by atoms with van der Waals surface area (Å²) in [5.41, 5.74) is 1.13. The van der Waals surface area contributed by atoms with Gasteiger partial charge in [0.1, 0.15) is 11.5 Å². The molecule has 146 valence electrons. The maximum atomic E-state index is 12.1. The van der Waals surface area contributed by atoms with Crippen LogP contribution in [0, 0.1) is 0 Å². The largest absolute Gasteiger partial charge is 0.491 e. The Morgan fingerprint density at radius 1 is 1.11 bits per heavy atom. The van der Waals surface area contributed by atoms with E-state index in [1.165, 1.54) is 7.05 Å². The van der Waals surface area contributed by atoms with Crippen molar-refractivity contribution >= 4 is 27.3 Å². The Hall–Kier alpha value is -2.74. The Morgan fingerprint density at radius 3 is 2.37 bits per heavy atom. The Balaban J connectivity index is 1.90. The van der Waals surface area contributed by atoms with Gasteiger partial charge in [-0.1, -0.05) is 6.07 Å². The molecule has 0 saturated heterocycles. The number of carbonyl (C=O) groups is 1. The topological polar surface area (TPSA) is 84.9 Å². The lowest BCUT2D eigenvalue weighted by Crippen LogP contribution is -2.24. The van der Waals surface area contributed by atoms with Gasteiger partial charge < -0.3 is 14.8 Å². The molecular weight excluding hydrogens is 368 g/mol. The summed E-state index contributed by atoms with van der Waals surface area (Å²) in [7, 11) is -1.85. The molecule has 1 N–H and O–H groups in total. The molecule has 0 atom stereocenters. The predicted octanol–water partition coefficient (Wildman–Crippen LogP) is 2.89. The highest BCUT2D eigenvalue weighted by Crippen LogP contribution is 2.21. The van der Waals surface area contributed by atoms with E-state index in [9.17, 15) is 13.2 Å². The van der Waals surface area contributed by atoms with Crippen LogP contribution in [0.3, 0.4) is 0 Å². The van der Waals surface area contributed by atoms with Crippen LogP contribution in [0.2, 0.25) is 0 Å². The van der Waals surface area contributed by atoms with Crippen LogP contribution in [0.15, 0.2) is 48.5 Å². The molecule has 0 aromatic heterocycles. The van der Waals surface area contributed by atoms with Crippen LogP contribution in [0.25, 0.3) is 0 Å². The summed E-state index contributed by atoms with van der Waals surface area (Å²) >= 11 is 0. The molecule has 2 aromatic carbocycles. The molecule has 0 bridgehead atoms. The molecule has 2 rings (SSSR count). The monoisotopic (exact) mass is 392 g/mol. The van der Waals surface area contributed by atoms with Gasteiger partial charge in [0.05, 0.1) is 18.0 Å². The van der Waals surface area contributed by atoms with E-state index in [2.05, 4.69) is 5.32 Å². The van der Waals surface area contributed by atoms with E-state index in [-0.39, 0.29) is 18.6 Å². The minimum atomic E-state index is -3.32. The van der Waals surface area contributed by atoms with E-state index in [0.717, 1.165) is 10.6 Å². The number of sulfonamides is 1. The smallest absolute Gasteiger partial charge is 0.262 e. The molecule has 7 nitrogen and oxygen atoms in total. The molecule has 0 aliphatic heterocycles. The number of anilines is 2. The first-order valence-electron chi connectivity index (χ1n) is 8.38. The summed E-state index contributed by atoms with van der Waals surface area (Å²) in [5.74, 6) is 0.830. The number of nitrogens with one attached hydrogen (secondary N) is 1. The van der Waals surface area contributed by atoms with Crippen molar-refractivity contribution in [3.8, 4) is 11.5 Å². The molecule has 0 radical (unpaired) electrons. The molecule has 0 spiro atoms. The van der Waals surface area contributed by atoms with E-state index in [1.54, 1.807) is 42.5 Å². The first-order chi connectivity index (χ1) is 12.6. The van der Waals surface area contributed by atoms with Gasteiger partial charge in [0.25, 0.3) is 5.91 Å². The molecule has 0 heterocycles. The molecule has 0 aliphatic rings. The summed E-state index contributed by atoms with van der Waals surface area (Å²) in [6, 6.07) is 13.6. The van der Waals surface area contributed by atoms with Crippen molar-refractivity contribution in [2.45, 2.75) is 20.0 Å². The quantitative estimate of drug-likeness (QED) is 0.747. The third-order valence-electron chi connectivity index (χ3n) is 3.56. The fourth-order valence-electron chi connectivity index (χ4n) is 2.21. The number of amides is 1. The maximum Gasteiger partial charge on any atom is 0.262 e. The highest BCUT2D eigenvalue weighted by molar-refractivity contribution is 7.92. The van der Waals surface area contributed by atoms with Crippen molar-refractivity contribution in [3.63, 3.8) is 0 Å². The summed E-state index contributed by atoms with van der Waals surface area (Å²) < 4.78 is 35.2. The summed E-state index contributed by atoms with van der Waals surface area (Å²) in [6.45, 7) is 3.69. The molecule has 27 heavy (non-hydrogen) atoms. The SMILES string of the molecule is CC(C)Oc1cccc(NC(=O)COc2ccc(N(C)S(C)(=O)=O)cc2)c1. The molecular formula is C19H24N2O5S. The van der Waals surface area contributed by atoms with E-state index < -0.39 is 10.0 Å². The van der Waals surface area contributed by atoms with Gasteiger partial charge in [-0.3, -0.25) is 9.10 Å². The molecule has 0 aliphatic carbocycles. The molecule has 1 amide bonds. The number of hydrogen-bond acceptors (Lipinski definition) is 5. The van der Waals surface area contributed by atoms with Crippen molar-refractivity contribution in [3.05, 3.63) is 48.5 Å². The molecule has 8 heteroatoms. The fourth-order valence-corrected chi connectivity index (χ4v) is 2.71. The summed E-state index contributed by atoms with van der Waals surface area (Å²) in [6.07, 6.45) is 1.17. The van der Waals surface area contributed by atoms with Crippen molar-refractivity contribution in [1.29, 1.82) is 0 Å². The molecule has 0 unspecified atom stereocenters. The molecule has 2 aromatic rings. The molecule has 0 saturated carbocycles. The third-order valence-corrected chi connectivity index (χ3v) is 4.76. The van der Waals surface area contributed by atoms with Crippen LogP contribution >= 0.6 is 0 Å². The minimum absolute atomic E-state index is 0.0454. The second kappa shape index (κ2) is 8.77. The first kappa shape index (κ1) is 20.6. The highest BCUT2D eigenvalue weighted by Gasteiger charge is 2.12. The number of hydrogen-bond donors (Lipinski definition) is 1. The van der Waals surface area contributed by atoms with E-state index in [4.69, 9.17) is 9.47 Å². The summed E-state index contributed by atoms with van der Waals surface area (Å²) in [5, 5.41) is 2.74. The van der Waals surface area contributed by atoms with E-state index in [0.29, 0.717) is 22.9 Å². The van der Waals surface area contributed by atoms with Gasteiger partial charge in [0.2, 0.25) is 10.0 Å². The van der Waals surface area contributed by atoms with E-state index >= 15 is 0 Å². The number of benzene rings is 2. The normalized spacial score (nSPS) is 11.1. The predicted molar refractivity (Wildman–Crippen MR) is 106 cm³/mol. The van der Waals surface area contributed by atoms with Crippen LogP contribution in [-0.2, 0) is 14.8 Å². The van der Waals surface area contributed by atoms with Crippen LogP contribution < -0.4 is 19.1 Å². The number of rotatable bonds is 8. The second-order valence-electron chi connectivity index (χ2n) is 6.26.